The third-order valence-electron chi connectivity index (χ3n) is 3.93. The molecule has 0 heterocycles. The molecule has 1 atom stereocenters. The number of nitrogens with zero attached hydrogens (tertiary/aromatic N) is 4. The first-order valence-corrected chi connectivity index (χ1v) is 11.2. The van der Waals surface area contributed by atoms with Crippen LogP contribution in [0.3, 0.4) is 0 Å². The van der Waals surface area contributed by atoms with E-state index in [1.165, 1.54) is 0 Å². The van der Waals surface area contributed by atoms with Crippen LogP contribution in [-0.2, 0) is 13.6 Å². The lowest BCUT2D eigenvalue weighted by Gasteiger charge is -2.27. The average Bonchev–Trinajstić information content (AvgIpc) is 2.72. The first kappa shape index (κ1) is 24.7. The lowest BCUT2D eigenvalue weighted by atomic mass is 10.2. The molecule has 0 aliphatic rings. The monoisotopic (exact) mass is 446 g/mol. The zero-order valence-corrected chi connectivity index (χ0v) is 18.8. The van der Waals surface area contributed by atoms with Crippen LogP contribution in [0.4, 0.5) is 11.4 Å². The van der Waals surface area contributed by atoms with Crippen LogP contribution in [-0.4, -0.2) is 52.0 Å². The van der Waals surface area contributed by atoms with E-state index in [2.05, 4.69) is 10.2 Å². The Morgan fingerprint density at radius 2 is 1.48 bits per heavy atom. The number of rotatable bonds is 12. The minimum absolute atomic E-state index is 0.0119. The van der Waals surface area contributed by atoms with E-state index in [1.807, 2.05) is 27.2 Å². The normalized spacial score (nSPS) is 13.6. The second-order valence-electron chi connectivity index (χ2n) is 7.68. The molecule has 0 radical (unpaired) electrons. The number of azo groups is 1. The van der Waals surface area contributed by atoms with Crippen molar-refractivity contribution in [2.45, 2.75) is 6.42 Å². The molecule has 1 unspecified atom stereocenters. The summed E-state index contributed by atoms with van der Waals surface area (Å²) in [5, 5.41) is 17.0. The van der Waals surface area contributed by atoms with E-state index in [-0.39, 0.29) is 13.2 Å². The Balaban J connectivity index is 1.68. The fourth-order valence-electron chi connectivity index (χ4n) is 2.22. The van der Waals surface area contributed by atoms with Gasteiger partial charge in [0.15, 0.2) is 0 Å². The second kappa shape index (κ2) is 11.7. The molecule has 0 N–H and O–H groups in total. The molecule has 0 aliphatic heterocycles. The molecule has 9 nitrogen and oxygen atoms in total. The van der Waals surface area contributed by atoms with Crippen molar-refractivity contribution in [2.24, 2.45) is 10.2 Å². The Hall–Kier alpha value is -2.60. The van der Waals surface area contributed by atoms with Gasteiger partial charge in [-0.25, -0.2) is 0 Å². The van der Waals surface area contributed by atoms with Gasteiger partial charge in [0.25, 0.3) is 7.82 Å². The lowest BCUT2D eigenvalue weighted by Crippen LogP contribution is -2.37. The molecule has 0 aromatic heterocycles. The van der Waals surface area contributed by atoms with Crippen LogP contribution in [0, 0.1) is 11.3 Å². The molecule has 2 aromatic rings. The largest absolute Gasteiger partial charge is 0.756 e. The van der Waals surface area contributed by atoms with E-state index < -0.39 is 7.82 Å². The topological polar surface area (TPSA) is 116 Å². The number of likely N-dealkylation sites (N-methyl/N-ethyl adjacent to an activating group) is 1. The van der Waals surface area contributed by atoms with Crippen LogP contribution in [0.5, 0.6) is 5.75 Å². The summed E-state index contributed by atoms with van der Waals surface area (Å²) in [6.45, 7) is 0.921. The standard InChI is InChI=1S/C21H27N4O5P/c1-25(2,3)13-16-30-31(26,27)29-15-4-14-28-21-11-9-20(10-12-21)24-23-19-7-5-18(17-22)6-8-19/h5-12H,4,13-16H2,1-3H3. The molecule has 0 bridgehead atoms. The zero-order valence-electron chi connectivity index (χ0n) is 17.9. The highest BCUT2D eigenvalue weighted by Crippen LogP contribution is 2.38. The van der Waals surface area contributed by atoms with Crippen molar-refractivity contribution in [1.82, 2.24) is 0 Å². The van der Waals surface area contributed by atoms with E-state index in [1.54, 1.807) is 48.5 Å². The van der Waals surface area contributed by atoms with Gasteiger partial charge >= 0.3 is 0 Å². The summed E-state index contributed by atoms with van der Waals surface area (Å²) in [4.78, 5) is 11.7. The van der Waals surface area contributed by atoms with Gasteiger partial charge in [-0.05, 0) is 48.5 Å². The molecule has 0 spiro atoms. The summed E-state index contributed by atoms with van der Waals surface area (Å²) in [6.07, 6.45) is 0.394. The molecule has 166 valence electrons. The number of phosphoric ester groups is 1. The SMILES string of the molecule is C[N+](C)(C)CCOP(=O)([O-])OCCCOc1ccc(N=Nc2ccc(C#N)cc2)cc1. The van der Waals surface area contributed by atoms with Gasteiger partial charge in [0.2, 0.25) is 0 Å². The minimum Gasteiger partial charge on any atom is -0.756 e. The summed E-state index contributed by atoms with van der Waals surface area (Å²) < 4.78 is 27.5. The molecule has 0 amide bonds. The van der Waals surface area contributed by atoms with Crippen LogP contribution in [0.15, 0.2) is 58.8 Å². The molecule has 10 heteroatoms. The van der Waals surface area contributed by atoms with Crippen LogP contribution >= 0.6 is 7.82 Å². The Morgan fingerprint density at radius 3 is 2.03 bits per heavy atom. The van der Waals surface area contributed by atoms with Gasteiger partial charge in [-0.2, -0.15) is 15.5 Å². The van der Waals surface area contributed by atoms with Gasteiger partial charge in [0.1, 0.15) is 18.9 Å². The maximum Gasteiger partial charge on any atom is 0.268 e. The molecule has 0 saturated heterocycles. The van der Waals surface area contributed by atoms with Crippen molar-refractivity contribution in [3.8, 4) is 11.8 Å². The molecular weight excluding hydrogens is 419 g/mol. The van der Waals surface area contributed by atoms with Crippen molar-refractivity contribution in [3.63, 3.8) is 0 Å². The Kier molecular flexibility index (Phi) is 9.31. The van der Waals surface area contributed by atoms with E-state index >= 15 is 0 Å². The minimum atomic E-state index is -4.29. The maximum atomic E-state index is 11.7. The summed E-state index contributed by atoms with van der Waals surface area (Å²) in [6, 6.07) is 15.9. The van der Waals surface area contributed by atoms with Gasteiger partial charge < -0.3 is 23.2 Å². The van der Waals surface area contributed by atoms with Gasteiger partial charge in [0.05, 0.1) is 57.4 Å². The van der Waals surface area contributed by atoms with Crippen LogP contribution in [0.1, 0.15) is 12.0 Å². The molecule has 31 heavy (non-hydrogen) atoms. The van der Waals surface area contributed by atoms with Crippen molar-refractivity contribution in [3.05, 3.63) is 54.1 Å². The highest BCUT2D eigenvalue weighted by molar-refractivity contribution is 7.45. The molecule has 0 saturated carbocycles. The highest BCUT2D eigenvalue weighted by atomic mass is 31.2. The molecule has 2 aromatic carbocycles. The molecule has 0 aliphatic carbocycles. The van der Waals surface area contributed by atoms with Crippen LogP contribution in [0.25, 0.3) is 0 Å². The number of hydrogen-bond donors (Lipinski definition) is 0. The molecule has 0 fully saturated rings. The summed E-state index contributed by atoms with van der Waals surface area (Å²) in [5.41, 5.74) is 1.87. The van der Waals surface area contributed by atoms with Crippen molar-refractivity contribution in [1.29, 1.82) is 5.26 Å². The predicted octanol–water partition coefficient (Wildman–Crippen LogP) is 3.95. The van der Waals surface area contributed by atoms with Crippen LogP contribution < -0.4 is 9.63 Å². The van der Waals surface area contributed by atoms with Crippen LogP contribution in [0.2, 0.25) is 0 Å². The van der Waals surface area contributed by atoms with Gasteiger partial charge in [-0.3, -0.25) is 4.57 Å². The number of nitriles is 1. The zero-order chi connectivity index (χ0) is 22.7. The molecular formula is C21H27N4O5P. The average molecular weight is 446 g/mol. The fourth-order valence-corrected chi connectivity index (χ4v) is 2.95. The van der Waals surface area contributed by atoms with E-state index in [0.29, 0.717) is 46.7 Å². The van der Waals surface area contributed by atoms with E-state index in [4.69, 9.17) is 19.0 Å². The quantitative estimate of drug-likeness (QED) is 0.211. The Labute approximate surface area is 182 Å². The number of phosphoric acid groups is 1. The Morgan fingerprint density at radius 1 is 0.935 bits per heavy atom. The number of hydrogen-bond acceptors (Lipinski definition) is 8. The lowest BCUT2D eigenvalue weighted by molar-refractivity contribution is -0.870. The van der Waals surface area contributed by atoms with E-state index in [0.717, 1.165) is 0 Å². The van der Waals surface area contributed by atoms with Gasteiger partial charge in [-0.15, -0.1) is 0 Å². The van der Waals surface area contributed by atoms with E-state index in [9.17, 15) is 9.46 Å². The van der Waals surface area contributed by atoms with Crippen molar-refractivity contribution in [2.75, 3.05) is 47.5 Å². The molecule has 2 rings (SSSR count). The second-order valence-corrected chi connectivity index (χ2v) is 9.09. The fraction of sp³-hybridized carbons (Fsp3) is 0.381. The first-order chi connectivity index (χ1) is 14.7. The van der Waals surface area contributed by atoms with Crippen molar-refractivity contribution >= 4 is 19.2 Å². The third kappa shape index (κ3) is 10.3. The third-order valence-corrected chi connectivity index (χ3v) is 4.93. The number of quaternary nitrogens is 1. The smallest absolute Gasteiger partial charge is 0.268 e. The predicted molar refractivity (Wildman–Crippen MR) is 114 cm³/mol. The number of benzene rings is 2. The van der Waals surface area contributed by atoms with Crippen molar-refractivity contribution < 1.29 is 27.7 Å². The Bertz CT molecular complexity index is 934. The highest BCUT2D eigenvalue weighted by Gasteiger charge is 2.13. The van der Waals surface area contributed by atoms with Gasteiger partial charge in [0, 0.05) is 6.42 Å². The first-order valence-electron chi connectivity index (χ1n) is 9.72. The summed E-state index contributed by atoms with van der Waals surface area (Å²) in [5.74, 6) is 0.627. The number of ether oxygens (including phenoxy) is 1. The summed E-state index contributed by atoms with van der Waals surface area (Å²) in [7, 11) is 1.55. The maximum absolute atomic E-state index is 11.7. The van der Waals surface area contributed by atoms with Gasteiger partial charge in [-0.1, -0.05) is 0 Å². The summed E-state index contributed by atoms with van der Waals surface area (Å²) >= 11 is 0.